The van der Waals surface area contributed by atoms with Crippen LogP contribution in [-0.4, -0.2) is 17.7 Å². The highest BCUT2D eigenvalue weighted by molar-refractivity contribution is 5.78. The molecule has 0 spiro atoms. The summed E-state index contributed by atoms with van der Waals surface area (Å²) in [5, 5.41) is 8.82. The Balaban J connectivity index is 2.42. The third-order valence-electron chi connectivity index (χ3n) is 2.31. The average Bonchev–Trinajstić information content (AvgIpc) is 2.36. The molecule has 0 amide bonds. The van der Waals surface area contributed by atoms with Crippen LogP contribution in [0.25, 0.3) is 11.0 Å². The lowest BCUT2D eigenvalue weighted by atomic mass is 10.2. The zero-order valence-corrected chi connectivity index (χ0v) is 9.38. The molecule has 0 fully saturated rings. The van der Waals surface area contributed by atoms with Gasteiger partial charge in [0.2, 0.25) is 0 Å². The van der Waals surface area contributed by atoms with E-state index >= 15 is 0 Å². The van der Waals surface area contributed by atoms with Gasteiger partial charge in [-0.2, -0.15) is 0 Å². The SMILES string of the molecule is NCc1cc(=O)c2cc(OCC(=O)O)ccc2o1. The summed E-state index contributed by atoms with van der Waals surface area (Å²) in [4.78, 5) is 22.1. The second-order valence-electron chi connectivity index (χ2n) is 3.62. The van der Waals surface area contributed by atoms with Crippen molar-refractivity contribution < 1.29 is 19.1 Å². The summed E-state index contributed by atoms with van der Waals surface area (Å²) in [7, 11) is 0. The molecule has 2 rings (SSSR count). The molecule has 0 aliphatic carbocycles. The van der Waals surface area contributed by atoms with Crippen molar-refractivity contribution in [3.05, 3.63) is 40.2 Å². The highest BCUT2D eigenvalue weighted by Gasteiger charge is 2.06. The second kappa shape index (κ2) is 4.89. The predicted molar refractivity (Wildman–Crippen MR) is 63.5 cm³/mol. The summed E-state index contributed by atoms with van der Waals surface area (Å²) in [5.74, 6) is -0.384. The van der Waals surface area contributed by atoms with E-state index in [1.165, 1.54) is 18.2 Å². The summed E-state index contributed by atoms with van der Waals surface area (Å²) in [6.45, 7) is -0.319. The van der Waals surface area contributed by atoms with Gasteiger partial charge < -0.3 is 20.0 Å². The highest BCUT2D eigenvalue weighted by atomic mass is 16.5. The van der Waals surface area contributed by atoms with Crippen LogP contribution >= 0.6 is 0 Å². The van der Waals surface area contributed by atoms with Gasteiger partial charge >= 0.3 is 5.97 Å². The molecular formula is C12H11NO5. The molecule has 0 aliphatic heterocycles. The molecule has 0 saturated heterocycles. The van der Waals surface area contributed by atoms with Gasteiger partial charge in [-0.05, 0) is 18.2 Å². The first-order valence-corrected chi connectivity index (χ1v) is 5.21. The summed E-state index contributed by atoms with van der Waals surface area (Å²) >= 11 is 0. The minimum Gasteiger partial charge on any atom is -0.482 e. The molecule has 0 aliphatic rings. The topological polar surface area (TPSA) is 103 Å². The van der Waals surface area contributed by atoms with E-state index in [4.69, 9.17) is 20.0 Å². The van der Waals surface area contributed by atoms with E-state index < -0.39 is 12.6 Å². The lowest BCUT2D eigenvalue weighted by molar-refractivity contribution is -0.139. The van der Waals surface area contributed by atoms with E-state index in [0.29, 0.717) is 22.5 Å². The van der Waals surface area contributed by atoms with Gasteiger partial charge in [-0.3, -0.25) is 4.79 Å². The van der Waals surface area contributed by atoms with Crippen LogP contribution in [0.4, 0.5) is 0 Å². The fourth-order valence-corrected chi connectivity index (χ4v) is 1.52. The van der Waals surface area contributed by atoms with Crippen molar-refractivity contribution >= 4 is 16.9 Å². The van der Waals surface area contributed by atoms with E-state index in [2.05, 4.69) is 0 Å². The number of ether oxygens (including phenoxy) is 1. The van der Waals surface area contributed by atoms with Crippen LogP contribution in [0, 0.1) is 0 Å². The van der Waals surface area contributed by atoms with Crippen molar-refractivity contribution in [2.45, 2.75) is 6.54 Å². The molecule has 0 unspecified atom stereocenters. The number of carbonyl (C=O) groups is 1. The predicted octanol–water partition coefficient (Wildman–Crippen LogP) is 0.715. The Bertz CT molecular complexity index is 646. The number of hydrogen-bond acceptors (Lipinski definition) is 5. The number of rotatable bonds is 4. The van der Waals surface area contributed by atoms with Crippen LogP contribution in [0.1, 0.15) is 5.76 Å². The number of hydrogen-bond donors (Lipinski definition) is 2. The zero-order valence-electron chi connectivity index (χ0n) is 9.38. The van der Waals surface area contributed by atoms with Gasteiger partial charge in [0.15, 0.2) is 12.0 Å². The Morgan fingerprint density at radius 3 is 2.83 bits per heavy atom. The van der Waals surface area contributed by atoms with Crippen LogP contribution in [0.15, 0.2) is 33.5 Å². The van der Waals surface area contributed by atoms with Crippen LogP contribution in [0.2, 0.25) is 0 Å². The number of nitrogens with two attached hydrogens (primary N) is 1. The molecule has 0 radical (unpaired) electrons. The summed E-state index contributed by atoms with van der Waals surface area (Å²) in [6, 6.07) is 5.84. The molecule has 0 saturated carbocycles. The summed E-state index contributed by atoms with van der Waals surface area (Å²) in [5.41, 5.74) is 5.55. The fourth-order valence-electron chi connectivity index (χ4n) is 1.52. The standard InChI is InChI=1S/C12H11NO5/c13-5-8-4-10(14)9-3-7(17-6-12(15)16)1-2-11(9)18-8/h1-4H,5-6,13H2,(H,15,16). The van der Waals surface area contributed by atoms with E-state index in [9.17, 15) is 9.59 Å². The zero-order chi connectivity index (χ0) is 13.1. The number of benzene rings is 1. The molecular weight excluding hydrogens is 238 g/mol. The molecule has 6 nitrogen and oxygen atoms in total. The van der Waals surface area contributed by atoms with Crippen molar-refractivity contribution in [1.82, 2.24) is 0 Å². The quantitative estimate of drug-likeness (QED) is 0.827. The van der Waals surface area contributed by atoms with Gasteiger partial charge in [-0.25, -0.2) is 4.79 Å². The molecule has 3 N–H and O–H groups in total. The molecule has 1 aromatic carbocycles. The van der Waals surface area contributed by atoms with Crippen LogP contribution in [0.5, 0.6) is 5.75 Å². The third-order valence-corrected chi connectivity index (χ3v) is 2.31. The molecule has 6 heteroatoms. The number of carboxylic acid groups (broad SMARTS) is 1. The van der Waals surface area contributed by atoms with Crippen molar-refractivity contribution in [2.24, 2.45) is 5.73 Å². The van der Waals surface area contributed by atoms with Gasteiger partial charge in [-0.1, -0.05) is 0 Å². The van der Waals surface area contributed by atoms with Crippen LogP contribution in [0.3, 0.4) is 0 Å². The minimum absolute atomic E-state index is 0.141. The van der Waals surface area contributed by atoms with Gasteiger partial charge in [0.05, 0.1) is 11.9 Å². The van der Waals surface area contributed by atoms with Crippen LogP contribution < -0.4 is 15.9 Å². The molecule has 2 aromatic rings. The number of carboxylic acids is 1. The average molecular weight is 249 g/mol. The Morgan fingerprint density at radius 2 is 2.17 bits per heavy atom. The van der Waals surface area contributed by atoms with Crippen molar-refractivity contribution in [3.8, 4) is 5.75 Å². The van der Waals surface area contributed by atoms with Gasteiger partial charge in [0.1, 0.15) is 17.1 Å². The van der Waals surface area contributed by atoms with E-state index in [1.807, 2.05) is 0 Å². The molecule has 18 heavy (non-hydrogen) atoms. The Labute approximate surface area is 102 Å². The molecule has 1 heterocycles. The number of fused-ring (bicyclic) bond motifs is 1. The highest BCUT2D eigenvalue weighted by Crippen LogP contribution is 2.19. The normalized spacial score (nSPS) is 10.5. The molecule has 1 aromatic heterocycles. The summed E-state index contributed by atoms with van der Waals surface area (Å²) in [6.07, 6.45) is 0. The monoisotopic (exact) mass is 249 g/mol. The third kappa shape index (κ3) is 2.49. The van der Waals surface area contributed by atoms with Crippen molar-refractivity contribution in [3.63, 3.8) is 0 Å². The van der Waals surface area contributed by atoms with Gasteiger partial charge in [-0.15, -0.1) is 0 Å². The van der Waals surface area contributed by atoms with E-state index in [0.717, 1.165) is 0 Å². The lowest BCUT2D eigenvalue weighted by Crippen LogP contribution is -2.10. The first kappa shape index (κ1) is 12.1. The van der Waals surface area contributed by atoms with E-state index in [-0.39, 0.29) is 12.0 Å². The van der Waals surface area contributed by atoms with Crippen molar-refractivity contribution in [2.75, 3.05) is 6.61 Å². The fraction of sp³-hybridized carbons (Fsp3) is 0.167. The molecule has 94 valence electrons. The summed E-state index contributed by atoms with van der Waals surface area (Å²) < 4.78 is 10.4. The molecule has 0 bridgehead atoms. The van der Waals surface area contributed by atoms with Gasteiger partial charge in [0.25, 0.3) is 0 Å². The Morgan fingerprint density at radius 1 is 1.39 bits per heavy atom. The van der Waals surface area contributed by atoms with Crippen LogP contribution in [-0.2, 0) is 11.3 Å². The van der Waals surface area contributed by atoms with Crippen molar-refractivity contribution in [1.29, 1.82) is 0 Å². The van der Waals surface area contributed by atoms with E-state index in [1.54, 1.807) is 6.07 Å². The largest absolute Gasteiger partial charge is 0.482 e. The second-order valence-corrected chi connectivity index (χ2v) is 3.62. The maximum absolute atomic E-state index is 11.8. The lowest BCUT2D eigenvalue weighted by Gasteiger charge is -2.05. The molecule has 0 atom stereocenters. The minimum atomic E-state index is -1.08. The maximum atomic E-state index is 11.8. The maximum Gasteiger partial charge on any atom is 0.341 e. The first-order valence-electron chi connectivity index (χ1n) is 5.21. The smallest absolute Gasteiger partial charge is 0.341 e. The number of aliphatic carboxylic acids is 1. The van der Waals surface area contributed by atoms with Gasteiger partial charge in [0, 0.05) is 6.07 Å². The first-order chi connectivity index (χ1) is 8.60. The Kier molecular flexibility index (Phi) is 3.29. The Hall–Kier alpha value is -2.34.